The summed E-state index contributed by atoms with van der Waals surface area (Å²) in [6.07, 6.45) is 2.91. The Morgan fingerprint density at radius 2 is 2.21 bits per heavy atom. The number of para-hydroxylation sites is 1. The molecule has 0 aliphatic rings. The van der Waals surface area contributed by atoms with E-state index in [1.54, 1.807) is 0 Å². The first kappa shape index (κ1) is 15.7. The first-order valence-corrected chi connectivity index (χ1v) is 7.49. The first-order chi connectivity index (χ1) is 11.6. The van der Waals surface area contributed by atoms with Gasteiger partial charge in [0, 0.05) is 13.1 Å². The zero-order chi connectivity index (χ0) is 16.9. The van der Waals surface area contributed by atoms with Crippen LogP contribution in [0.15, 0.2) is 41.6 Å². The van der Waals surface area contributed by atoms with Crippen molar-refractivity contribution in [3.8, 4) is 5.75 Å². The fourth-order valence-electron chi connectivity index (χ4n) is 2.33. The first-order valence-electron chi connectivity index (χ1n) is 7.49. The van der Waals surface area contributed by atoms with Crippen LogP contribution in [0.3, 0.4) is 0 Å². The highest BCUT2D eigenvalue weighted by molar-refractivity contribution is 5.77. The zero-order valence-corrected chi connectivity index (χ0v) is 13.2. The Labute approximate surface area is 137 Å². The molecule has 2 aromatic heterocycles. The number of aryl methyl sites for hydroxylation is 1. The quantitative estimate of drug-likeness (QED) is 0.691. The highest BCUT2D eigenvalue weighted by atomic mass is 16.5. The summed E-state index contributed by atoms with van der Waals surface area (Å²) in [6.45, 7) is 2.45. The van der Waals surface area contributed by atoms with Gasteiger partial charge in [-0.2, -0.15) is 0 Å². The van der Waals surface area contributed by atoms with E-state index in [9.17, 15) is 9.59 Å². The number of carbonyl (C=O) groups is 1. The standard InChI is InChI=1S/C16H17N5O3/c1-11-4-2-3-5-13(11)24-9-14(22)18-6-7-21-15-12(20-16(21)23)8-17-10-19-15/h2-5,8,10H,6-7,9H2,1H3,(H,18,22)(H,20,23). The molecule has 8 heteroatoms. The lowest BCUT2D eigenvalue weighted by molar-refractivity contribution is -0.123. The van der Waals surface area contributed by atoms with Crippen molar-refractivity contribution >= 4 is 17.1 Å². The van der Waals surface area contributed by atoms with Crippen molar-refractivity contribution in [2.45, 2.75) is 13.5 Å². The van der Waals surface area contributed by atoms with Crippen LogP contribution in [0.5, 0.6) is 5.75 Å². The maximum atomic E-state index is 11.9. The van der Waals surface area contributed by atoms with E-state index < -0.39 is 0 Å². The lowest BCUT2D eigenvalue weighted by atomic mass is 10.2. The molecule has 1 amide bonds. The molecule has 0 radical (unpaired) electrons. The van der Waals surface area contributed by atoms with Crippen molar-refractivity contribution < 1.29 is 9.53 Å². The number of nitrogens with one attached hydrogen (secondary N) is 2. The Hall–Kier alpha value is -3.16. The van der Waals surface area contributed by atoms with Gasteiger partial charge >= 0.3 is 5.69 Å². The lowest BCUT2D eigenvalue weighted by Gasteiger charge is -2.09. The Balaban J connectivity index is 1.52. The van der Waals surface area contributed by atoms with E-state index in [-0.39, 0.29) is 18.2 Å². The molecule has 8 nitrogen and oxygen atoms in total. The topological polar surface area (TPSA) is 102 Å². The number of imidazole rings is 1. The number of benzene rings is 1. The Morgan fingerprint density at radius 1 is 1.38 bits per heavy atom. The Bertz CT molecular complexity index is 915. The van der Waals surface area contributed by atoms with Crippen molar-refractivity contribution in [3.63, 3.8) is 0 Å². The number of hydrogen-bond acceptors (Lipinski definition) is 5. The van der Waals surface area contributed by atoms with Crippen molar-refractivity contribution in [1.29, 1.82) is 0 Å². The number of H-pyrrole nitrogens is 1. The van der Waals surface area contributed by atoms with Crippen LogP contribution in [0.25, 0.3) is 11.2 Å². The third-order valence-electron chi connectivity index (χ3n) is 3.54. The Morgan fingerprint density at radius 3 is 3.04 bits per heavy atom. The number of amides is 1. The van der Waals surface area contributed by atoms with Crippen LogP contribution in [-0.4, -0.2) is 38.6 Å². The van der Waals surface area contributed by atoms with Crippen molar-refractivity contribution in [1.82, 2.24) is 24.8 Å². The van der Waals surface area contributed by atoms with Gasteiger partial charge in [-0.25, -0.2) is 14.8 Å². The van der Waals surface area contributed by atoms with Crippen LogP contribution in [0.1, 0.15) is 5.56 Å². The van der Waals surface area contributed by atoms with Gasteiger partial charge in [0.05, 0.1) is 6.20 Å². The van der Waals surface area contributed by atoms with Crippen molar-refractivity contribution in [3.05, 3.63) is 52.8 Å². The van der Waals surface area contributed by atoms with E-state index in [1.165, 1.54) is 17.1 Å². The number of ether oxygens (including phenoxy) is 1. The summed E-state index contributed by atoms with van der Waals surface area (Å²) in [4.78, 5) is 34.3. The number of fused-ring (bicyclic) bond motifs is 1. The minimum atomic E-state index is -0.282. The zero-order valence-electron chi connectivity index (χ0n) is 13.2. The molecule has 3 rings (SSSR count). The van der Waals surface area contributed by atoms with Gasteiger partial charge in [0.1, 0.15) is 17.6 Å². The second-order valence-electron chi connectivity index (χ2n) is 5.25. The molecule has 0 fully saturated rings. The minimum absolute atomic E-state index is 0.0736. The molecule has 0 bridgehead atoms. The maximum Gasteiger partial charge on any atom is 0.327 e. The lowest BCUT2D eigenvalue weighted by Crippen LogP contribution is -2.33. The molecule has 24 heavy (non-hydrogen) atoms. The van der Waals surface area contributed by atoms with E-state index in [2.05, 4.69) is 20.3 Å². The number of nitrogens with zero attached hydrogens (tertiary/aromatic N) is 3. The van der Waals surface area contributed by atoms with Gasteiger partial charge < -0.3 is 15.0 Å². The average Bonchev–Trinajstić information content (AvgIpc) is 2.90. The molecule has 2 N–H and O–H groups in total. The predicted octanol–water partition coefficient (Wildman–Crippen LogP) is 0.623. The molecular formula is C16H17N5O3. The summed E-state index contributed by atoms with van der Waals surface area (Å²) in [7, 11) is 0. The Kier molecular flexibility index (Phi) is 4.55. The van der Waals surface area contributed by atoms with E-state index in [0.29, 0.717) is 30.0 Å². The van der Waals surface area contributed by atoms with E-state index in [4.69, 9.17) is 4.74 Å². The summed E-state index contributed by atoms with van der Waals surface area (Å²) >= 11 is 0. The number of aromatic nitrogens is 4. The average molecular weight is 327 g/mol. The molecule has 0 atom stereocenters. The smallest absolute Gasteiger partial charge is 0.327 e. The second kappa shape index (κ2) is 6.95. The van der Waals surface area contributed by atoms with E-state index >= 15 is 0 Å². The molecule has 0 unspecified atom stereocenters. The molecule has 1 aromatic carbocycles. The van der Waals surface area contributed by atoms with Crippen LogP contribution in [0.2, 0.25) is 0 Å². The third-order valence-corrected chi connectivity index (χ3v) is 3.54. The van der Waals surface area contributed by atoms with Crippen LogP contribution >= 0.6 is 0 Å². The third kappa shape index (κ3) is 3.43. The van der Waals surface area contributed by atoms with Gasteiger partial charge in [-0.1, -0.05) is 18.2 Å². The van der Waals surface area contributed by atoms with Gasteiger partial charge in [0.2, 0.25) is 0 Å². The van der Waals surface area contributed by atoms with E-state index in [0.717, 1.165) is 5.56 Å². The van der Waals surface area contributed by atoms with Gasteiger partial charge in [-0.3, -0.25) is 9.36 Å². The summed E-state index contributed by atoms with van der Waals surface area (Å²) in [5.41, 5.74) is 1.77. The van der Waals surface area contributed by atoms with Crippen LogP contribution in [0.4, 0.5) is 0 Å². The van der Waals surface area contributed by atoms with Crippen molar-refractivity contribution in [2.75, 3.05) is 13.2 Å². The van der Waals surface area contributed by atoms with Crippen molar-refractivity contribution in [2.24, 2.45) is 0 Å². The van der Waals surface area contributed by atoms with Gasteiger partial charge in [0.15, 0.2) is 12.3 Å². The highest BCUT2D eigenvalue weighted by Gasteiger charge is 2.08. The molecule has 0 spiro atoms. The van der Waals surface area contributed by atoms with Crippen LogP contribution in [0, 0.1) is 6.92 Å². The monoisotopic (exact) mass is 327 g/mol. The van der Waals surface area contributed by atoms with Crippen LogP contribution in [-0.2, 0) is 11.3 Å². The fourth-order valence-corrected chi connectivity index (χ4v) is 2.33. The van der Waals surface area contributed by atoms with Crippen LogP contribution < -0.4 is 15.7 Å². The maximum absolute atomic E-state index is 11.9. The summed E-state index contributed by atoms with van der Waals surface area (Å²) in [5.74, 6) is 0.429. The number of aromatic amines is 1. The highest BCUT2D eigenvalue weighted by Crippen LogP contribution is 2.15. The molecule has 0 aliphatic heterocycles. The molecule has 0 saturated carbocycles. The molecule has 2 heterocycles. The van der Waals surface area contributed by atoms with Gasteiger partial charge in [0.25, 0.3) is 5.91 Å². The second-order valence-corrected chi connectivity index (χ2v) is 5.25. The molecule has 0 saturated heterocycles. The molecule has 124 valence electrons. The number of rotatable bonds is 6. The molecule has 0 aliphatic carbocycles. The number of carbonyl (C=O) groups excluding carboxylic acids is 1. The van der Waals surface area contributed by atoms with Gasteiger partial charge in [-0.05, 0) is 18.6 Å². The van der Waals surface area contributed by atoms with E-state index in [1.807, 2.05) is 31.2 Å². The summed E-state index contributed by atoms with van der Waals surface area (Å²) in [5, 5.41) is 2.72. The SMILES string of the molecule is Cc1ccccc1OCC(=O)NCCn1c(=O)[nH]c2cncnc21. The summed E-state index contributed by atoms with van der Waals surface area (Å²) < 4.78 is 6.93. The molecule has 3 aromatic rings. The molecular weight excluding hydrogens is 310 g/mol. The normalized spacial score (nSPS) is 10.7. The largest absolute Gasteiger partial charge is 0.484 e. The minimum Gasteiger partial charge on any atom is -0.484 e. The summed E-state index contributed by atoms with van der Waals surface area (Å²) in [6, 6.07) is 7.49. The van der Waals surface area contributed by atoms with Gasteiger partial charge in [-0.15, -0.1) is 0 Å². The fraction of sp³-hybridized carbons (Fsp3) is 0.250. The predicted molar refractivity (Wildman–Crippen MR) is 87.8 cm³/mol. The number of hydrogen-bond donors (Lipinski definition) is 2.